The average Bonchev–Trinajstić information content (AvgIpc) is 3.12. The molecule has 1 N–H and O–H groups in total. The number of imidazole rings is 1. The van der Waals surface area contributed by atoms with Crippen molar-refractivity contribution in [1.82, 2.24) is 14.9 Å². The normalized spacial score (nSPS) is 10.9. The maximum atomic E-state index is 12.5. The zero-order valence-electron chi connectivity index (χ0n) is 17.6. The van der Waals surface area contributed by atoms with Crippen LogP contribution in [0.5, 0.6) is 5.75 Å². The second kappa shape index (κ2) is 9.23. The number of halogens is 1. The molecule has 0 saturated heterocycles. The summed E-state index contributed by atoms with van der Waals surface area (Å²) < 4.78 is 8.20. The van der Waals surface area contributed by atoms with Crippen LogP contribution in [0.15, 0.2) is 66.7 Å². The fourth-order valence-electron chi connectivity index (χ4n) is 3.64. The number of aryl methyl sites for hydroxylation is 2. The Balaban J connectivity index is 1.50. The third kappa shape index (κ3) is 4.72. The quantitative estimate of drug-likeness (QED) is 0.429. The topological polar surface area (TPSA) is 56.1 Å². The minimum absolute atomic E-state index is 0.165. The van der Waals surface area contributed by atoms with Crippen LogP contribution in [0.1, 0.15) is 27.3 Å². The Labute approximate surface area is 186 Å². The van der Waals surface area contributed by atoms with Crippen LogP contribution in [-0.4, -0.2) is 22.1 Å². The zero-order valence-corrected chi connectivity index (χ0v) is 18.3. The molecule has 0 bridgehead atoms. The summed E-state index contributed by atoms with van der Waals surface area (Å²) in [4.78, 5) is 17.2. The first-order chi connectivity index (χ1) is 15.0. The minimum Gasteiger partial charge on any atom is -0.491 e. The fraction of sp³-hybridized carbons (Fsp3) is 0.200. The number of hydrogen-bond acceptors (Lipinski definition) is 3. The van der Waals surface area contributed by atoms with E-state index in [1.165, 1.54) is 0 Å². The van der Waals surface area contributed by atoms with Crippen molar-refractivity contribution in [2.45, 2.75) is 26.9 Å². The highest BCUT2D eigenvalue weighted by molar-refractivity contribution is 6.30. The Kier molecular flexibility index (Phi) is 6.23. The van der Waals surface area contributed by atoms with E-state index in [-0.39, 0.29) is 5.91 Å². The van der Waals surface area contributed by atoms with Gasteiger partial charge in [-0.25, -0.2) is 4.98 Å². The largest absolute Gasteiger partial charge is 0.491 e. The number of nitrogens with one attached hydrogen (secondary N) is 1. The van der Waals surface area contributed by atoms with Gasteiger partial charge < -0.3 is 14.6 Å². The van der Waals surface area contributed by atoms with Crippen LogP contribution in [0.4, 0.5) is 0 Å². The molecule has 1 aromatic heterocycles. The van der Waals surface area contributed by atoms with Crippen LogP contribution in [0.2, 0.25) is 5.02 Å². The lowest BCUT2D eigenvalue weighted by Crippen LogP contribution is -2.25. The van der Waals surface area contributed by atoms with E-state index in [1.807, 2.05) is 56.3 Å². The van der Waals surface area contributed by atoms with E-state index < -0.39 is 0 Å². The highest BCUT2D eigenvalue weighted by atomic mass is 35.5. The first-order valence-corrected chi connectivity index (χ1v) is 10.6. The summed E-state index contributed by atoms with van der Waals surface area (Å²) in [6.07, 6.45) is 0. The Hall–Kier alpha value is -3.31. The average molecular weight is 434 g/mol. The van der Waals surface area contributed by atoms with E-state index in [0.29, 0.717) is 30.3 Å². The number of carbonyl (C=O) groups is 1. The molecule has 3 aromatic carbocycles. The Morgan fingerprint density at radius 1 is 1.00 bits per heavy atom. The van der Waals surface area contributed by atoms with Crippen LogP contribution in [0, 0.1) is 13.8 Å². The predicted octanol–water partition coefficient (Wildman–Crippen LogP) is 5.32. The Bertz CT molecular complexity index is 1200. The second-order valence-electron chi connectivity index (χ2n) is 7.43. The van der Waals surface area contributed by atoms with Crippen LogP contribution in [-0.2, 0) is 13.1 Å². The predicted molar refractivity (Wildman–Crippen MR) is 124 cm³/mol. The first-order valence-electron chi connectivity index (χ1n) is 10.2. The second-order valence-corrected chi connectivity index (χ2v) is 7.86. The van der Waals surface area contributed by atoms with E-state index in [4.69, 9.17) is 21.3 Å². The third-order valence-electron chi connectivity index (χ3n) is 5.22. The summed E-state index contributed by atoms with van der Waals surface area (Å²) in [5.41, 5.74) is 4.70. The summed E-state index contributed by atoms with van der Waals surface area (Å²) in [5.74, 6) is 1.54. The van der Waals surface area contributed by atoms with E-state index in [9.17, 15) is 4.79 Å². The van der Waals surface area contributed by atoms with Crippen LogP contribution in [0.25, 0.3) is 11.0 Å². The number of rotatable bonds is 7. The molecule has 0 atom stereocenters. The summed E-state index contributed by atoms with van der Waals surface area (Å²) in [5, 5.41) is 3.56. The van der Waals surface area contributed by atoms with Gasteiger partial charge in [0.05, 0.1) is 24.1 Å². The van der Waals surface area contributed by atoms with Crippen LogP contribution >= 0.6 is 11.6 Å². The third-order valence-corrected chi connectivity index (χ3v) is 5.47. The number of carbonyl (C=O) groups excluding carboxylic acids is 1. The summed E-state index contributed by atoms with van der Waals surface area (Å²) >= 11 is 5.91. The van der Waals surface area contributed by atoms with Crippen molar-refractivity contribution in [3.05, 3.63) is 94.3 Å². The van der Waals surface area contributed by atoms with Gasteiger partial charge in [0.25, 0.3) is 5.91 Å². The smallest absolute Gasteiger partial charge is 0.251 e. The minimum atomic E-state index is -0.165. The molecular weight excluding hydrogens is 410 g/mol. The lowest BCUT2D eigenvalue weighted by molar-refractivity contribution is 0.0949. The number of ether oxygens (including phenoxy) is 1. The first kappa shape index (κ1) is 20.9. The summed E-state index contributed by atoms with van der Waals surface area (Å²) in [7, 11) is 0. The molecular formula is C25H24ClN3O2. The number of amides is 1. The van der Waals surface area contributed by atoms with Gasteiger partial charge in [-0.2, -0.15) is 0 Å². The zero-order chi connectivity index (χ0) is 21.8. The molecule has 0 fully saturated rings. The maximum Gasteiger partial charge on any atom is 0.251 e. The summed E-state index contributed by atoms with van der Waals surface area (Å²) in [6.45, 7) is 5.55. The summed E-state index contributed by atoms with van der Waals surface area (Å²) in [6, 6.07) is 20.9. The fourth-order valence-corrected chi connectivity index (χ4v) is 3.76. The van der Waals surface area contributed by atoms with Crippen LogP contribution < -0.4 is 10.1 Å². The van der Waals surface area contributed by atoms with Crippen molar-refractivity contribution < 1.29 is 9.53 Å². The maximum absolute atomic E-state index is 12.5. The standard InChI is InChI=1S/C25H24ClN3O2/c1-17-6-5-7-18(2)24(17)31-15-14-29-22-9-4-3-8-21(22)28-23(29)16-27-25(30)19-10-12-20(26)13-11-19/h3-13H,14-16H2,1-2H3,(H,27,30). The van der Waals surface area contributed by atoms with Crippen molar-refractivity contribution in [3.63, 3.8) is 0 Å². The van der Waals surface area contributed by atoms with Gasteiger partial charge in [0.2, 0.25) is 0 Å². The van der Waals surface area contributed by atoms with Gasteiger partial charge in [-0.15, -0.1) is 0 Å². The molecule has 4 aromatic rings. The van der Waals surface area contributed by atoms with Gasteiger partial charge in [0, 0.05) is 10.6 Å². The Morgan fingerprint density at radius 3 is 2.45 bits per heavy atom. The number of benzene rings is 3. The van der Waals surface area contributed by atoms with Gasteiger partial charge in [-0.3, -0.25) is 4.79 Å². The monoisotopic (exact) mass is 433 g/mol. The molecule has 31 heavy (non-hydrogen) atoms. The van der Waals surface area contributed by atoms with Gasteiger partial charge >= 0.3 is 0 Å². The number of nitrogens with zero attached hydrogens (tertiary/aromatic N) is 2. The number of para-hydroxylation sites is 3. The molecule has 6 heteroatoms. The molecule has 0 unspecified atom stereocenters. The molecule has 0 saturated carbocycles. The number of hydrogen-bond donors (Lipinski definition) is 1. The highest BCUT2D eigenvalue weighted by Gasteiger charge is 2.13. The van der Waals surface area contributed by atoms with Gasteiger partial charge in [-0.1, -0.05) is 41.9 Å². The van der Waals surface area contributed by atoms with E-state index in [2.05, 4.69) is 9.88 Å². The van der Waals surface area contributed by atoms with Gasteiger partial charge in [0.15, 0.2) is 0 Å². The lowest BCUT2D eigenvalue weighted by atomic mass is 10.1. The number of fused-ring (bicyclic) bond motifs is 1. The molecule has 5 nitrogen and oxygen atoms in total. The van der Waals surface area contributed by atoms with Crippen molar-refractivity contribution >= 4 is 28.5 Å². The molecule has 0 radical (unpaired) electrons. The molecule has 0 aliphatic carbocycles. The molecule has 0 spiro atoms. The van der Waals surface area contributed by atoms with E-state index in [1.54, 1.807) is 24.3 Å². The van der Waals surface area contributed by atoms with Crippen molar-refractivity contribution in [2.24, 2.45) is 0 Å². The van der Waals surface area contributed by atoms with Crippen molar-refractivity contribution in [1.29, 1.82) is 0 Å². The molecule has 1 heterocycles. The van der Waals surface area contributed by atoms with Gasteiger partial charge in [0.1, 0.15) is 18.2 Å². The lowest BCUT2D eigenvalue weighted by Gasteiger charge is -2.14. The molecule has 4 rings (SSSR count). The van der Waals surface area contributed by atoms with Crippen molar-refractivity contribution in [3.8, 4) is 5.75 Å². The highest BCUT2D eigenvalue weighted by Crippen LogP contribution is 2.23. The van der Waals surface area contributed by atoms with Gasteiger partial charge in [-0.05, 0) is 61.4 Å². The number of aromatic nitrogens is 2. The molecule has 0 aliphatic rings. The molecule has 1 amide bonds. The molecule has 0 aliphatic heterocycles. The van der Waals surface area contributed by atoms with Crippen LogP contribution in [0.3, 0.4) is 0 Å². The van der Waals surface area contributed by atoms with Crippen molar-refractivity contribution in [2.75, 3.05) is 6.61 Å². The Morgan fingerprint density at radius 2 is 1.71 bits per heavy atom. The SMILES string of the molecule is Cc1cccc(C)c1OCCn1c(CNC(=O)c2ccc(Cl)cc2)nc2ccccc21. The molecule has 158 valence electrons. The van der Waals surface area contributed by atoms with E-state index >= 15 is 0 Å². The van der Waals surface area contributed by atoms with E-state index in [0.717, 1.165) is 33.7 Å².